The molecule has 11 heteroatoms. The molecule has 45 heavy (non-hydrogen) atoms. The van der Waals surface area contributed by atoms with Crippen molar-refractivity contribution in [2.75, 3.05) is 36.6 Å². The van der Waals surface area contributed by atoms with Crippen molar-refractivity contribution in [3.8, 4) is 5.75 Å². The second-order valence-electron chi connectivity index (χ2n) is 12.6. The van der Waals surface area contributed by atoms with Crippen LogP contribution in [0.5, 0.6) is 5.75 Å². The minimum atomic E-state index is -3.01. The summed E-state index contributed by atoms with van der Waals surface area (Å²) in [6, 6.07) is 22.3. The fraction of sp³-hybridized carbons (Fsp3) is 0.382. The molecule has 3 aliphatic rings. The van der Waals surface area contributed by atoms with Crippen LogP contribution in [0.2, 0.25) is 18.6 Å². The highest BCUT2D eigenvalue weighted by Crippen LogP contribution is 2.60. The molecule has 3 aromatic carbocycles. The maximum atomic E-state index is 14.2. The zero-order valence-corrected chi connectivity index (χ0v) is 27.0. The Labute approximate surface area is 263 Å². The Hall–Kier alpha value is -4.03. The Balaban J connectivity index is 1.38. The molecule has 3 aromatic rings. The van der Waals surface area contributed by atoms with Crippen LogP contribution >= 0.6 is 0 Å². The van der Waals surface area contributed by atoms with Crippen molar-refractivity contribution in [1.29, 1.82) is 0 Å². The number of fused-ring (bicyclic) bond motifs is 3. The predicted octanol–water partition coefficient (Wildman–Crippen LogP) is 3.93. The number of hydrogen-bond donors (Lipinski definition) is 2. The lowest BCUT2D eigenvalue weighted by atomic mass is 9.82. The second kappa shape index (κ2) is 11.7. The minimum absolute atomic E-state index is 0.0536. The van der Waals surface area contributed by atoms with E-state index in [0.717, 1.165) is 5.56 Å². The Kier molecular flexibility index (Phi) is 8.06. The standard InChI is InChI=1S/C34H39N3O7Si/c1-22-32(45(3,4)42)29(19-30(39)36(16-17-38)20-23-10-6-5-7-11-23)44-34(22)25-18-24(14-15-26(25)35(2)33(34)41)37-27-12-8-9-13-28(27)43-21-31(37)40/h5-15,18,22,29,32,38,42H,16-17,19-21H2,1-4H3/t22-,29+,32-,34+/m1/s1. The van der Waals surface area contributed by atoms with E-state index < -0.39 is 31.5 Å². The van der Waals surface area contributed by atoms with Gasteiger partial charge in [-0.05, 0) is 49.0 Å². The quantitative estimate of drug-likeness (QED) is 0.363. The lowest BCUT2D eigenvalue weighted by Gasteiger charge is -2.33. The molecule has 3 aliphatic heterocycles. The first-order valence-electron chi connectivity index (χ1n) is 15.3. The molecule has 6 rings (SSSR count). The zero-order valence-electron chi connectivity index (χ0n) is 26.0. The number of likely N-dealkylation sites (N-methyl/N-ethyl adjacent to an activating group) is 1. The van der Waals surface area contributed by atoms with Crippen LogP contribution in [0.4, 0.5) is 17.1 Å². The Morgan fingerprint density at radius 3 is 2.47 bits per heavy atom. The van der Waals surface area contributed by atoms with E-state index in [1.807, 2.05) is 80.7 Å². The van der Waals surface area contributed by atoms with Crippen LogP contribution in [-0.2, 0) is 31.3 Å². The average molecular weight is 630 g/mol. The molecule has 1 saturated heterocycles. The van der Waals surface area contributed by atoms with Gasteiger partial charge in [-0.3, -0.25) is 19.3 Å². The normalized spacial score (nSPS) is 24.1. The van der Waals surface area contributed by atoms with Gasteiger partial charge in [-0.15, -0.1) is 0 Å². The molecular weight excluding hydrogens is 590 g/mol. The highest BCUT2D eigenvalue weighted by molar-refractivity contribution is 6.71. The van der Waals surface area contributed by atoms with E-state index in [0.29, 0.717) is 34.9 Å². The van der Waals surface area contributed by atoms with Crippen LogP contribution in [0.15, 0.2) is 72.8 Å². The van der Waals surface area contributed by atoms with Gasteiger partial charge in [0.05, 0.1) is 30.5 Å². The van der Waals surface area contributed by atoms with Crippen molar-refractivity contribution in [2.24, 2.45) is 5.92 Å². The summed E-state index contributed by atoms with van der Waals surface area (Å²) in [5, 5.41) is 9.76. The monoisotopic (exact) mass is 629 g/mol. The summed E-state index contributed by atoms with van der Waals surface area (Å²) < 4.78 is 12.5. The van der Waals surface area contributed by atoms with Crippen molar-refractivity contribution in [3.05, 3.63) is 83.9 Å². The maximum absolute atomic E-state index is 14.2. The van der Waals surface area contributed by atoms with Crippen molar-refractivity contribution in [2.45, 2.75) is 50.2 Å². The van der Waals surface area contributed by atoms with Gasteiger partial charge in [0.2, 0.25) is 5.91 Å². The van der Waals surface area contributed by atoms with E-state index in [4.69, 9.17) is 9.47 Å². The molecule has 236 valence electrons. The second-order valence-corrected chi connectivity index (χ2v) is 16.6. The molecule has 1 fully saturated rings. The predicted molar refractivity (Wildman–Crippen MR) is 172 cm³/mol. The molecule has 1 spiro atoms. The number of anilines is 3. The first-order valence-corrected chi connectivity index (χ1v) is 18.3. The smallest absolute Gasteiger partial charge is 0.269 e. The highest BCUT2D eigenvalue weighted by atomic mass is 28.4. The van der Waals surface area contributed by atoms with Crippen molar-refractivity contribution >= 4 is 43.1 Å². The summed E-state index contributed by atoms with van der Waals surface area (Å²) >= 11 is 0. The van der Waals surface area contributed by atoms with Crippen molar-refractivity contribution in [1.82, 2.24) is 4.90 Å². The van der Waals surface area contributed by atoms with E-state index in [1.54, 1.807) is 33.9 Å². The number of hydrogen-bond acceptors (Lipinski definition) is 7. The first-order chi connectivity index (χ1) is 21.5. The third-order valence-electron chi connectivity index (χ3n) is 9.38. The van der Waals surface area contributed by atoms with Gasteiger partial charge in [0.15, 0.2) is 20.5 Å². The number of para-hydroxylation sites is 2. The molecule has 0 bridgehead atoms. The third kappa shape index (κ3) is 5.23. The van der Waals surface area contributed by atoms with Crippen LogP contribution in [0.25, 0.3) is 0 Å². The van der Waals surface area contributed by atoms with E-state index in [9.17, 15) is 24.3 Å². The number of carbonyl (C=O) groups excluding carboxylic acids is 3. The van der Waals surface area contributed by atoms with Crippen LogP contribution in [0.1, 0.15) is 24.5 Å². The summed E-state index contributed by atoms with van der Waals surface area (Å²) in [5.41, 5.74) is 1.45. The highest BCUT2D eigenvalue weighted by Gasteiger charge is 2.66. The van der Waals surface area contributed by atoms with Gasteiger partial charge >= 0.3 is 0 Å². The van der Waals surface area contributed by atoms with Crippen LogP contribution < -0.4 is 14.5 Å². The van der Waals surface area contributed by atoms with Gasteiger partial charge < -0.3 is 29.2 Å². The molecule has 3 amide bonds. The first kappa shape index (κ1) is 31.0. The van der Waals surface area contributed by atoms with Crippen molar-refractivity contribution < 1.29 is 33.8 Å². The molecule has 10 nitrogen and oxygen atoms in total. The van der Waals surface area contributed by atoms with Gasteiger partial charge in [-0.25, -0.2) is 0 Å². The summed E-state index contributed by atoms with van der Waals surface area (Å²) in [6.07, 6.45) is -0.795. The fourth-order valence-corrected chi connectivity index (χ4v) is 9.97. The van der Waals surface area contributed by atoms with E-state index in [-0.39, 0.29) is 43.9 Å². The van der Waals surface area contributed by atoms with E-state index >= 15 is 0 Å². The SMILES string of the molecule is C[C@@H]1[C@@H]([Si](C)(C)O)[C@H](CC(=O)N(CCO)Cc2ccccc2)O[C@@]12C(=O)N(C)c1ccc(N3C(=O)COc4ccccc43)cc12. The molecule has 0 radical (unpaired) electrons. The molecular formula is C34H39N3O7Si. The number of aliphatic hydroxyl groups excluding tert-OH is 1. The van der Waals surface area contributed by atoms with E-state index in [2.05, 4.69) is 0 Å². The number of aliphatic hydroxyl groups is 1. The summed E-state index contributed by atoms with van der Waals surface area (Å²) in [7, 11) is -1.32. The lowest BCUT2D eigenvalue weighted by Crippen LogP contribution is -2.45. The largest absolute Gasteiger partial charge is 0.482 e. The number of nitrogens with zero attached hydrogens (tertiary/aromatic N) is 3. The van der Waals surface area contributed by atoms with Crippen LogP contribution in [-0.4, -0.2) is 73.8 Å². The topological polar surface area (TPSA) is 120 Å². The fourth-order valence-electron chi connectivity index (χ4n) is 7.41. The zero-order chi connectivity index (χ0) is 32.1. The van der Waals surface area contributed by atoms with Gasteiger partial charge in [-0.2, -0.15) is 0 Å². The number of benzene rings is 3. The van der Waals surface area contributed by atoms with Gasteiger partial charge in [-0.1, -0.05) is 49.4 Å². The molecule has 3 heterocycles. The van der Waals surface area contributed by atoms with E-state index in [1.165, 1.54) is 0 Å². The van der Waals surface area contributed by atoms with Crippen LogP contribution in [0.3, 0.4) is 0 Å². The number of rotatable bonds is 8. The Morgan fingerprint density at radius 1 is 1.04 bits per heavy atom. The van der Waals surface area contributed by atoms with Gasteiger partial charge in [0.25, 0.3) is 11.8 Å². The molecule has 0 aliphatic carbocycles. The molecule has 0 unspecified atom stereocenters. The average Bonchev–Trinajstić information content (AvgIpc) is 3.43. The lowest BCUT2D eigenvalue weighted by molar-refractivity contribution is -0.149. The Morgan fingerprint density at radius 2 is 1.76 bits per heavy atom. The van der Waals surface area contributed by atoms with Crippen LogP contribution in [0, 0.1) is 5.92 Å². The molecule has 0 saturated carbocycles. The van der Waals surface area contributed by atoms with Gasteiger partial charge in [0, 0.05) is 42.8 Å². The Bertz CT molecular complexity index is 1630. The summed E-state index contributed by atoms with van der Waals surface area (Å²) in [5.74, 6) is -0.630. The minimum Gasteiger partial charge on any atom is -0.482 e. The number of carbonyl (C=O) groups is 3. The van der Waals surface area contributed by atoms with Gasteiger partial charge in [0.1, 0.15) is 5.75 Å². The van der Waals surface area contributed by atoms with Crippen molar-refractivity contribution in [3.63, 3.8) is 0 Å². The third-order valence-corrected chi connectivity index (χ3v) is 11.9. The summed E-state index contributed by atoms with van der Waals surface area (Å²) in [6.45, 7) is 5.69. The maximum Gasteiger partial charge on any atom is 0.269 e. The number of ether oxygens (including phenoxy) is 2. The molecule has 4 atom stereocenters. The number of amides is 3. The molecule has 0 aromatic heterocycles. The molecule has 2 N–H and O–H groups in total. The summed E-state index contributed by atoms with van der Waals surface area (Å²) in [4.78, 5) is 57.5.